The van der Waals surface area contributed by atoms with Crippen molar-refractivity contribution in [2.75, 3.05) is 23.7 Å². The summed E-state index contributed by atoms with van der Waals surface area (Å²) in [5.41, 5.74) is 2.83. The van der Waals surface area contributed by atoms with Gasteiger partial charge in [0.05, 0.1) is 11.9 Å². The number of anilines is 1. The Morgan fingerprint density at radius 3 is 2.15 bits per heavy atom. The first-order chi connectivity index (χ1) is 18.5. The van der Waals surface area contributed by atoms with Crippen molar-refractivity contribution in [2.45, 2.75) is 39.3 Å². The summed E-state index contributed by atoms with van der Waals surface area (Å²) in [4.78, 5) is 29.0. The van der Waals surface area contributed by atoms with Gasteiger partial charge < -0.3 is 10.2 Å². The number of aryl methyl sites for hydroxylation is 1. The number of amides is 2. The molecule has 0 bridgehead atoms. The molecule has 208 valence electrons. The number of nitrogens with one attached hydrogen (secondary N) is 1. The second-order valence-electron chi connectivity index (χ2n) is 9.34. The summed E-state index contributed by atoms with van der Waals surface area (Å²) in [5.74, 6) is -0.841. The van der Waals surface area contributed by atoms with Gasteiger partial charge in [0, 0.05) is 29.6 Å². The molecule has 0 unspecified atom stereocenters. The second-order valence-corrected chi connectivity index (χ2v) is 12.1. The normalized spacial score (nSPS) is 12.0. The average molecular weight is 591 g/mol. The Balaban J connectivity index is 2.07. The minimum Gasteiger partial charge on any atom is -0.354 e. The zero-order valence-corrected chi connectivity index (χ0v) is 24.6. The second kappa shape index (κ2) is 13.8. The third-order valence-electron chi connectivity index (χ3n) is 6.24. The maximum absolute atomic E-state index is 14.0. The van der Waals surface area contributed by atoms with Crippen molar-refractivity contribution in [3.8, 4) is 0 Å². The first kappa shape index (κ1) is 30.5. The van der Waals surface area contributed by atoms with Gasteiger partial charge in [-0.1, -0.05) is 84.7 Å². The van der Waals surface area contributed by atoms with Crippen LogP contribution in [0.5, 0.6) is 0 Å². The lowest BCUT2D eigenvalue weighted by atomic mass is 10.0. The molecule has 0 aliphatic rings. The highest BCUT2D eigenvalue weighted by Crippen LogP contribution is 2.27. The number of benzene rings is 3. The molecule has 39 heavy (non-hydrogen) atoms. The molecule has 0 aliphatic carbocycles. The Kier molecular flexibility index (Phi) is 10.8. The van der Waals surface area contributed by atoms with Crippen molar-refractivity contribution in [2.24, 2.45) is 0 Å². The van der Waals surface area contributed by atoms with E-state index >= 15 is 0 Å². The molecule has 1 atom stereocenters. The van der Waals surface area contributed by atoms with E-state index in [1.54, 1.807) is 0 Å². The Morgan fingerprint density at radius 1 is 0.949 bits per heavy atom. The van der Waals surface area contributed by atoms with Crippen LogP contribution in [0, 0.1) is 6.92 Å². The van der Waals surface area contributed by atoms with Gasteiger partial charge >= 0.3 is 0 Å². The number of rotatable bonds is 12. The molecule has 3 rings (SSSR count). The van der Waals surface area contributed by atoms with Crippen molar-refractivity contribution in [3.05, 3.63) is 99.5 Å². The molecule has 0 radical (unpaired) electrons. The minimum atomic E-state index is -3.91. The third-order valence-corrected chi connectivity index (χ3v) is 7.81. The summed E-state index contributed by atoms with van der Waals surface area (Å²) in [6.45, 7) is 3.91. The van der Waals surface area contributed by atoms with Crippen LogP contribution in [-0.2, 0) is 32.6 Å². The summed E-state index contributed by atoms with van der Waals surface area (Å²) in [5, 5.41) is 3.38. The quantitative estimate of drug-likeness (QED) is 0.313. The van der Waals surface area contributed by atoms with Gasteiger partial charge in [-0.05, 0) is 48.2 Å². The zero-order chi connectivity index (χ0) is 28.6. The van der Waals surface area contributed by atoms with Gasteiger partial charge in [0.2, 0.25) is 21.8 Å². The molecule has 0 aliphatic heterocycles. The Morgan fingerprint density at radius 2 is 1.56 bits per heavy atom. The molecule has 3 aromatic rings. The predicted octanol–water partition coefficient (Wildman–Crippen LogP) is 5.23. The maximum Gasteiger partial charge on any atom is 0.244 e. The van der Waals surface area contributed by atoms with Crippen LogP contribution in [0.1, 0.15) is 30.0 Å². The van der Waals surface area contributed by atoms with Crippen molar-refractivity contribution >= 4 is 50.7 Å². The lowest BCUT2D eigenvalue weighted by molar-refractivity contribution is -0.140. The fraction of sp³-hybridized carbons (Fsp3) is 0.310. The molecule has 0 aromatic heterocycles. The van der Waals surface area contributed by atoms with Crippen LogP contribution < -0.4 is 9.62 Å². The van der Waals surface area contributed by atoms with Crippen LogP contribution in [0.15, 0.2) is 72.8 Å². The number of carbonyl (C=O) groups is 2. The highest BCUT2D eigenvalue weighted by molar-refractivity contribution is 7.92. The number of carbonyl (C=O) groups excluding carboxylic acids is 2. The topological polar surface area (TPSA) is 86.8 Å². The van der Waals surface area contributed by atoms with Gasteiger partial charge in [-0.15, -0.1) is 0 Å². The largest absolute Gasteiger partial charge is 0.354 e. The van der Waals surface area contributed by atoms with E-state index in [1.807, 2.05) is 68.4 Å². The minimum absolute atomic E-state index is 0.121. The number of nitrogens with zero attached hydrogens (tertiary/aromatic N) is 2. The number of halogens is 2. The monoisotopic (exact) mass is 589 g/mol. The molecule has 0 heterocycles. The predicted molar refractivity (Wildman–Crippen MR) is 158 cm³/mol. The van der Waals surface area contributed by atoms with E-state index in [-0.39, 0.29) is 34.6 Å². The Bertz CT molecular complexity index is 1380. The zero-order valence-electron chi connectivity index (χ0n) is 22.2. The SMILES string of the molecule is CCCNC(=O)[C@@H](Cc1ccccc1)N(Cc1ccccc1C)C(=O)CN(c1cc(Cl)cc(Cl)c1)S(C)(=O)=O. The standard InChI is InChI=1S/C29H33Cl2N3O4S/c1-4-14-32-29(36)27(15-22-11-6-5-7-12-22)33(19-23-13-9-8-10-21(23)2)28(35)20-34(39(3,37)38)26-17-24(30)16-25(31)18-26/h5-13,16-18,27H,4,14-15,19-20H2,1-3H3,(H,32,36)/t27-/m1/s1. The smallest absolute Gasteiger partial charge is 0.244 e. The van der Waals surface area contributed by atoms with E-state index in [0.29, 0.717) is 6.54 Å². The van der Waals surface area contributed by atoms with E-state index in [1.165, 1.54) is 23.1 Å². The summed E-state index contributed by atoms with van der Waals surface area (Å²) < 4.78 is 26.7. The van der Waals surface area contributed by atoms with Gasteiger partial charge in [0.15, 0.2) is 0 Å². The highest BCUT2D eigenvalue weighted by Gasteiger charge is 2.33. The molecule has 0 fully saturated rings. The van der Waals surface area contributed by atoms with Gasteiger partial charge in [-0.2, -0.15) is 0 Å². The number of sulfonamides is 1. The number of hydrogen-bond donors (Lipinski definition) is 1. The fourth-order valence-electron chi connectivity index (χ4n) is 4.19. The number of hydrogen-bond acceptors (Lipinski definition) is 4. The van der Waals surface area contributed by atoms with Crippen molar-refractivity contribution in [1.82, 2.24) is 10.2 Å². The molecular formula is C29H33Cl2N3O4S. The summed E-state index contributed by atoms with van der Waals surface area (Å²) >= 11 is 12.3. The molecule has 0 spiro atoms. The maximum atomic E-state index is 14.0. The van der Waals surface area contributed by atoms with Crippen LogP contribution >= 0.6 is 23.2 Å². The van der Waals surface area contributed by atoms with E-state index in [4.69, 9.17) is 23.2 Å². The summed E-state index contributed by atoms with van der Waals surface area (Å²) in [6.07, 6.45) is 2.00. The van der Waals surface area contributed by atoms with Gasteiger partial charge in [-0.25, -0.2) is 8.42 Å². The fourth-order valence-corrected chi connectivity index (χ4v) is 5.54. The van der Waals surface area contributed by atoms with E-state index < -0.39 is 28.5 Å². The van der Waals surface area contributed by atoms with Crippen LogP contribution in [0.2, 0.25) is 10.0 Å². The molecular weight excluding hydrogens is 557 g/mol. The average Bonchev–Trinajstić information content (AvgIpc) is 2.88. The summed E-state index contributed by atoms with van der Waals surface area (Å²) in [6, 6.07) is 20.5. The van der Waals surface area contributed by atoms with Crippen molar-refractivity contribution in [3.63, 3.8) is 0 Å². The van der Waals surface area contributed by atoms with Crippen LogP contribution in [0.3, 0.4) is 0 Å². The Labute approximate surface area is 240 Å². The van der Waals surface area contributed by atoms with Crippen LogP contribution in [0.4, 0.5) is 5.69 Å². The molecule has 2 amide bonds. The first-order valence-corrected chi connectivity index (χ1v) is 15.2. The van der Waals surface area contributed by atoms with E-state index in [2.05, 4.69) is 5.32 Å². The molecule has 3 aromatic carbocycles. The molecule has 0 saturated carbocycles. The molecule has 7 nitrogen and oxygen atoms in total. The van der Waals surface area contributed by atoms with Crippen LogP contribution in [0.25, 0.3) is 0 Å². The van der Waals surface area contributed by atoms with Crippen molar-refractivity contribution < 1.29 is 18.0 Å². The lowest BCUT2D eigenvalue weighted by Gasteiger charge is -2.34. The van der Waals surface area contributed by atoms with Crippen LogP contribution in [-0.4, -0.2) is 50.5 Å². The molecule has 10 heteroatoms. The molecule has 0 saturated heterocycles. The van der Waals surface area contributed by atoms with Gasteiger partial charge in [-0.3, -0.25) is 13.9 Å². The lowest BCUT2D eigenvalue weighted by Crippen LogP contribution is -2.53. The van der Waals surface area contributed by atoms with E-state index in [9.17, 15) is 18.0 Å². The summed E-state index contributed by atoms with van der Waals surface area (Å²) in [7, 11) is -3.91. The van der Waals surface area contributed by atoms with E-state index in [0.717, 1.165) is 33.7 Å². The Hall–Kier alpha value is -3.07. The van der Waals surface area contributed by atoms with Gasteiger partial charge in [0.25, 0.3) is 0 Å². The third kappa shape index (κ3) is 8.71. The first-order valence-electron chi connectivity index (χ1n) is 12.6. The van der Waals surface area contributed by atoms with Crippen molar-refractivity contribution in [1.29, 1.82) is 0 Å². The van der Waals surface area contributed by atoms with Gasteiger partial charge in [0.1, 0.15) is 12.6 Å². The highest BCUT2D eigenvalue weighted by atomic mass is 35.5. The molecule has 1 N–H and O–H groups in total.